The number of morpholine rings is 1. The van der Waals surface area contributed by atoms with Crippen molar-refractivity contribution in [2.75, 3.05) is 6.61 Å². The van der Waals surface area contributed by atoms with Gasteiger partial charge in [-0.05, 0) is 48.2 Å². The summed E-state index contributed by atoms with van der Waals surface area (Å²) in [5, 5.41) is 1.32. The first kappa shape index (κ1) is 19.2. The number of ether oxygens (including phenoxy) is 1. The molecule has 0 unspecified atom stereocenters. The fraction of sp³-hybridized carbons (Fsp3) is 0.333. The van der Waals surface area contributed by atoms with Crippen molar-refractivity contribution in [3.63, 3.8) is 0 Å². The van der Waals surface area contributed by atoms with Gasteiger partial charge in [0.15, 0.2) is 0 Å². The predicted octanol–water partition coefficient (Wildman–Crippen LogP) is 5.64. The maximum Gasteiger partial charge on any atom is 0.249 e. The van der Waals surface area contributed by atoms with Gasteiger partial charge in [-0.3, -0.25) is 4.79 Å². The Bertz CT molecular complexity index is 759. The van der Waals surface area contributed by atoms with Gasteiger partial charge < -0.3 is 9.64 Å². The van der Waals surface area contributed by atoms with Crippen LogP contribution in [0.1, 0.15) is 43.5 Å². The molecule has 3 nitrogen and oxygen atoms in total. The molecule has 5 heteroatoms. The molecule has 1 aliphatic rings. The average molecular weight is 391 g/mol. The Morgan fingerprint density at radius 3 is 2.50 bits per heavy atom. The van der Waals surface area contributed by atoms with Crippen LogP contribution in [0.4, 0.5) is 0 Å². The molecule has 2 aromatic carbocycles. The zero-order chi connectivity index (χ0) is 18.7. The van der Waals surface area contributed by atoms with Crippen molar-refractivity contribution >= 4 is 29.1 Å². The van der Waals surface area contributed by atoms with E-state index in [4.69, 9.17) is 27.9 Å². The number of hydrogen-bond donors (Lipinski definition) is 0. The minimum Gasteiger partial charge on any atom is -0.361 e. The molecule has 1 fully saturated rings. The molecule has 0 aromatic heterocycles. The maximum absolute atomic E-state index is 12.8. The second-order valence-electron chi connectivity index (χ2n) is 6.39. The molecule has 0 spiro atoms. The van der Waals surface area contributed by atoms with Crippen molar-refractivity contribution in [3.8, 4) is 0 Å². The van der Waals surface area contributed by atoms with Crippen LogP contribution in [0, 0.1) is 6.42 Å². The largest absolute Gasteiger partial charge is 0.361 e. The van der Waals surface area contributed by atoms with Crippen LogP contribution >= 0.6 is 23.2 Å². The lowest BCUT2D eigenvalue weighted by molar-refractivity contribution is -0.162. The van der Waals surface area contributed by atoms with E-state index in [0.29, 0.717) is 10.0 Å². The van der Waals surface area contributed by atoms with Gasteiger partial charge in [0.2, 0.25) is 5.91 Å². The second kappa shape index (κ2) is 8.43. The van der Waals surface area contributed by atoms with Gasteiger partial charge >= 0.3 is 0 Å². The van der Waals surface area contributed by atoms with Crippen molar-refractivity contribution in [1.82, 2.24) is 4.90 Å². The number of hydrogen-bond acceptors (Lipinski definition) is 2. The van der Waals surface area contributed by atoms with Gasteiger partial charge in [0.05, 0.1) is 6.04 Å². The van der Waals surface area contributed by atoms with Crippen LogP contribution in [-0.4, -0.2) is 23.5 Å². The smallest absolute Gasteiger partial charge is 0.249 e. The summed E-state index contributed by atoms with van der Waals surface area (Å²) in [5.74, 6) is -0.00632. The van der Waals surface area contributed by atoms with E-state index in [0.717, 1.165) is 17.5 Å². The van der Waals surface area contributed by atoms with E-state index in [9.17, 15) is 4.79 Å². The lowest BCUT2D eigenvalue weighted by Crippen LogP contribution is -2.50. The third kappa shape index (κ3) is 3.90. The highest BCUT2D eigenvalue weighted by atomic mass is 35.5. The molecule has 0 bridgehead atoms. The monoisotopic (exact) mass is 390 g/mol. The van der Waals surface area contributed by atoms with Crippen molar-refractivity contribution in [2.24, 2.45) is 0 Å². The fourth-order valence-corrected chi connectivity index (χ4v) is 3.89. The summed E-state index contributed by atoms with van der Waals surface area (Å²) < 4.78 is 6.00. The maximum atomic E-state index is 12.8. The Hall–Kier alpha value is -1.55. The predicted molar refractivity (Wildman–Crippen MR) is 105 cm³/mol. The summed E-state index contributed by atoms with van der Waals surface area (Å²) >= 11 is 12.3. The van der Waals surface area contributed by atoms with E-state index < -0.39 is 0 Å². The normalized spacial score (nSPS) is 20.7. The van der Waals surface area contributed by atoms with Crippen LogP contribution < -0.4 is 0 Å². The van der Waals surface area contributed by atoms with Crippen molar-refractivity contribution in [1.29, 1.82) is 0 Å². The first-order valence-electron chi connectivity index (χ1n) is 8.78. The van der Waals surface area contributed by atoms with E-state index in [2.05, 4.69) is 13.3 Å². The quantitative estimate of drug-likeness (QED) is 0.660. The summed E-state index contributed by atoms with van der Waals surface area (Å²) in [5.41, 5.74) is 1.95. The standard InChI is InChI=1S/C21H22Cl2NO2/c1-3-18(4-2)24-19(25)13-26-21(15-6-5-7-17(23)12-15)20(24)14-8-10-16(22)11-9-14/h3,5-12,18,20-21H,4,13H2,1-2H3/t18-,20-,21+/m0/s1. The van der Waals surface area contributed by atoms with Gasteiger partial charge in [-0.1, -0.05) is 61.3 Å². The number of carbonyl (C=O) groups excluding carboxylic acids is 1. The minimum atomic E-state index is -0.290. The van der Waals surface area contributed by atoms with E-state index >= 15 is 0 Å². The lowest BCUT2D eigenvalue weighted by atomic mass is 9.90. The first-order valence-corrected chi connectivity index (χ1v) is 9.54. The lowest BCUT2D eigenvalue weighted by Gasteiger charge is -2.45. The Balaban J connectivity index is 2.09. The zero-order valence-electron chi connectivity index (χ0n) is 14.9. The van der Waals surface area contributed by atoms with Crippen LogP contribution in [0.5, 0.6) is 0 Å². The van der Waals surface area contributed by atoms with Gasteiger partial charge in [0.1, 0.15) is 12.7 Å². The van der Waals surface area contributed by atoms with E-state index in [1.54, 1.807) is 0 Å². The van der Waals surface area contributed by atoms with Crippen LogP contribution in [0.15, 0.2) is 48.5 Å². The SMILES string of the molecule is C[CH][C@@H](CC)N1C(=O)CO[C@H](c2cccc(Cl)c2)[C@@H]1c1ccc(Cl)cc1. The summed E-state index contributed by atoms with van der Waals surface area (Å²) in [7, 11) is 0. The number of nitrogens with zero attached hydrogens (tertiary/aromatic N) is 1. The molecule has 3 atom stereocenters. The van der Waals surface area contributed by atoms with Gasteiger partial charge in [0.25, 0.3) is 0 Å². The molecule has 1 radical (unpaired) electrons. The molecule has 1 amide bonds. The zero-order valence-corrected chi connectivity index (χ0v) is 16.4. The highest BCUT2D eigenvalue weighted by Gasteiger charge is 2.41. The number of benzene rings is 2. The van der Waals surface area contributed by atoms with E-state index in [1.165, 1.54) is 0 Å². The first-order chi connectivity index (χ1) is 12.5. The molecule has 1 aliphatic heterocycles. The average Bonchev–Trinajstić information content (AvgIpc) is 2.64. The van der Waals surface area contributed by atoms with Crippen molar-refractivity contribution < 1.29 is 9.53 Å². The van der Waals surface area contributed by atoms with Crippen LogP contribution in [0.25, 0.3) is 0 Å². The Morgan fingerprint density at radius 1 is 1.15 bits per heavy atom. The van der Waals surface area contributed by atoms with Gasteiger partial charge in [-0.25, -0.2) is 0 Å². The third-order valence-corrected chi connectivity index (χ3v) is 5.30. The number of amides is 1. The summed E-state index contributed by atoms with van der Waals surface area (Å²) in [6.07, 6.45) is 2.62. The number of halogens is 2. The topological polar surface area (TPSA) is 29.5 Å². The summed E-state index contributed by atoms with van der Waals surface area (Å²) in [4.78, 5) is 14.7. The molecule has 1 saturated heterocycles. The van der Waals surface area contributed by atoms with E-state index in [-0.39, 0.29) is 30.7 Å². The van der Waals surface area contributed by atoms with Gasteiger partial charge in [-0.15, -0.1) is 0 Å². The van der Waals surface area contributed by atoms with Gasteiger partial charge in [0, 0.05) is 16.1 Å². The van der Waals surface area contributed by atoms with Crippen LogP contribution in [-0.2, 0) is 9.53 Å². The molecule has 0 saturated carbocycles. The summed E-state index contributed by atoms with van der Waals surface area (Å²) in [6.45, 7) is 4.14. The Kier molecular flexibility index (Phi) is 6.23. The highest BCUT2D eigenvalue weighted by Crippen LogP contribution is 2.42. The van der Waals surface area contributed by atoms with Crippen molar-refractivity contribution in [2.45, 2.75) is 38.5 Å². The molecule has 0 N–H and O–H groups in total. The molecular formula is C21H22Cl2NO2. The molecular weight excluding hydrogens is 369 g/mol. The van der Waals surface area contributed by atoms with Crippen LogP contribution in [0.2, 0.25) is 10.0 Å². The molecule has 137 valence electrons. The molecule has 0 aliphatic carbocycles. The third-order valence-electron chi connectivity index (χ3n) is 4.81. The van der Waals surface area contributed by atoms with Gasteiger partial charge in [-0.2, -0.15) is 0 Å². The Labute approximate surface area is 164 Å². The Morgan fingerprint density at radius 2 is 1.88 bits per heavy atom. The number of carbonyl (C=O) groups is 1. The fourth-order valence-electron chi connectivity index (χ4n) is 3.57. The second-order valence-corrected chi connectivity index (χ2v) is 7.27. The van der Waals surface area contributed by atoms with Crippen LogP contribution in [0.3, 0.4) is 0 Å². The highest BCUT2D eigenvalue weighted by molar-refractivity contribution is 6.30. The van der Waals surface area contributed by atoms with E-state index in [1.807, 2.05) is 60.4 Å². The molecule has 3 rings (SSSR count). The van der Waals surface area contributed by atoms with Crippen molar-refractivity contribution in [3.05, 3.63) is 76.1 Å². The minimum absolute atomic E-state index is 0.00632. The molecule has 26 heavy (non-hydrogen) atoms. The molecule has 1 heterocycles. The number of rotatable bonds is 5. The molecule has 2 aromatic rings. The summed E-state index contributed by atoms with van der Waals surface area (Å²) in [6, 6.07) is 15.0.